The predicted octanol–water partition coefficient (Wildman–Crippen LogP) is 2.39. The number of ether oxygens (including phenoxy) is 1. The smallest absolute Gasteiger partial charge is 0.270 e. The molecule has 0 aliphatic rings. The zero-order valence-corrected chi connectivity index (χ0v) is 12.2. The van der Waals surface area contributed by atoms with Gasteiger partial charge in [-0.05, 0) is 37.1 Å². The van der Waals surface area contributed by atoms with Crippen LogP contribution in [-0.4, -0.2) is 17.4 Å². The number of amides is 1. The molecule has 0 unspecified atom stereocenters. The summed E-state index contributed by atoms with van der Waals surface area (Å²) >= 11 is 0. The predicted molar refractivity (Wildman–Crippen MR) is 81.4 cm³/mol. The first-order chi connectivity index (χ1) is 10.1. The number of benzene rings is 1. The lowest BCUT2D eigenvalue weighted by Crippen LogP contribution is -2.23. The van der Waals surface area contributed by atoms with E-state index in [0.717, 1.165) is 16.9 Å². The fraction of sp³-hybridized carbons (Fsp3) is 0.250. The van der Waals surface area contributed by atoms with Crippen molar-refractivity contribution < 1.29 is 9.53 Å². The van der Waals surface area contributed by atoms with Crippen LogP contribution in [0, 0.1) is 6.92 Å². The van der Waals surface area contributed by atoms with Crippen molar-refractivity contribution in [2.45, 2.75) is 20.4 Å². The molecule has 0 fully saturated rings. The standard InChI is InChI=1S/C16H19N3O2/c1-3-18-16(20)14-9-13(6-7-19-14)21-15-8-12(10-17)5-4-11(15)2/h4-9H,3,10,17H2,1-2H3,(H,18,20). The summed E-state index contributed by atoms with van der Waals surface area (Å²) in [5, 5.41) is 2.71. The van der Waals surface area contributed by atoms with E-state index < -0.39 is 0 Å². The minimum Gasteiger partial charge on any atom is -0.457 e. The van der Waals surface area contributed by atoms with Crippen molar-refractivity contribution in [3.05, 3.63) is 53.3 Å². The van der Waals surface area contributed by atoms with E-state index in [0.29, 0.717) is 24.5 Å². The zero-order chi connectivity index (χ0) is 15.2. The molecule has 2 rings (SSSR count). The van der Waals surface area contributed by atoms with Gasteiger partial charge in [-0.15, -0.1) is 0 Å². The second kappa shape index (κ2) is 6.85. The summed E-state index contributed by atoms with van der Waals surface area (Å²) in [7, 11) is 0. The second-order valence-electron chi connectivity index (χ2n) is 4.64. The summed E-state index contributed by atoms with van der Waals surface area (Å²) in [6, 6.07) is 9.18. The molecule has 0 saturated heterocycles. The Balaban J connectivity index is 2.24. The lowest BCUT2D eigenvalue weighted by Gasteiger charge is -2.11. The van der Waals surface area contributed by atoms with Crippen LogP contribution in [0.2, 0.25) is 0 Å². The van der Waals surface area contributed by atoms with Gasteiger partial charge in [0.25, 0.3) is 5.91 Å². The van der Waals surface area contributed by atoms with Gasteiger partial charge in [0.05, 0.1) is 0 Å². The molecule has 0 saturated carbocycles. The summed E-state index contributed by atoms with van der Waals surface area (Å²) in [4.78, 5) is 15.8. The molecule has 0 aliphatic carbocycles. The minimum absolute atomic E-state index is 0.213. The molecule has 5 heteroatoms. The number of aromatic nitrogens is 1. The van der Waals surface area contributed by atoms with Gasteiger partial charge in [0.2, 0.25) is 0 Å². The van der Waals surface area contributed by atoms with E-state index in [1.807, 2.05) is 32.0 Å². The fourth-order valence-electron chi connectivity index (χ4n) is 1.86. The molecule has 110 valence electrons. The van der Waals surface area contributed by atoms with Gasteiger partial charge in [-0.1, -0.05) is 12.1 Å². The molecule has 2 aromatic rings. The quantitative estimate of drug-likeness (QED) is 0.884. The van der Waals surface area contributed by atoms with Crippen LogP contribution in [-0.2, 0) is 6.54 Å². The molecule has 0 aliphatic heterocycles. The van der Waals surface area contributed by atoms with Crippen LogP contribution in [0.5, 0.6) is 11.5 Å². The molecule has 21 heavy (non-hydrogen) atoms. The van der Waals surface area contributed by atoms with Crippen LogP contribution in [0.4, 0.5) is 0 Å². The van der Waals surface area contributed by atoms with Gasteiger partial charge in [-0.3, -0.25) is 9.78 Å². The zero-order valence-electron chi connectivity index (χ0n) is 12.2. The average Bonchev–Trinajstić information content (AvgIpc) is 2.50. The third-order valence-corrected chi connectivity index (χ3v) is 3.02. The van der Waals surface area contributed by atoms with Gasteiger partial charge in [0.15, 0.2) is 0 Å². The molecule has 1 amide bonds. The van der Waals surface area contributed by atoms with Gasteiger partial charge in [-0.25, -0.2) is 0 Å². The summed E-state index contributed by atoms with van der Waals surface area (Å²) in [5.74, 6) is 1.09. The van der Waals surface area contributed by atoms with Crippen LogP contribution >= 0.6 is 0 Å². The third-order valence-electron chi connectivity index (χ3n) is 3.02. The van der Waals surface area contributed by atoms with Gasteiger partial charge in [-0.2, -0.15) is 0 Å². The van der Waals surface area contributed by atoms with E-state index in [2.05, 4.69) is 10.3 Å². The van der Waals surface area contributed by atoms with Crippen molar-refractivity contribution in [2.75, 3.05) is 6.54 Å². The van der Waals surface area contributed by atoms with Crippen LogP contribution in [0.1, 0.15) is 28.5 Å². The number of pyridine rings is 1. The number of rotatable bonds is 5. The lowest BCUT2D eigenvalue weighted by atomic mass is 10.1. The van der Waals surface area contributed by atoms with Crippen molar-refractivity contribution in [3.8, 4) is 11.5 Å². The number of carbonyl (C=O) groups is 1. The van der Waals surface area contributed by atoms with Crippen LogP contribution in [0.3, 0.4) is 0 Å². The normalized spacial score (nSPS) is 10.2. The first kappa shape index (κ1) is 15.0. The van der Waals surface area contributed by atoms with E-state index in [1.54, 1.807) is 18.3 Å². The van der Waals surface area contributed by atoms with E-state index >= 15 is 0 Å². The Morgan fingerprint density at radius 1 is 1.33 bits per heavy atom. The van der Waals surface area contributed by atoms with Crippen molar-refractivity contribution in [2.24, 2.45) is 5.73 Å². The first-order valence-corrected chi connectivity index (χ1v) is 6.85. The Morgan fingerprint density at radius 2 is 2.14 bits per heavy atom. The van der Waals surface area contributed by atoms with Gasteiger partial charge >= 0.3 is 0 Å². The third kappa shape index (κ3) is 3.79. The largest absolute Gasteiger partial charge is 0.457 e. The Bertz CT molecular complexity index is 641. The number of carbonyl (C=O) groups excluding carboxylic acids is 1. The molecule has 0 radical (unpaired) electrons. The SMILES string of the molecule is CCNC(=O)c1cc(Oc2cc(CN)ccc2C)ccn1. The number of nitrogens with two attached hydrogens (primary N) is 1. The van der Waals surface area contributed by atoms with Crippen molar-refractivity contribution in [1.82, 2.24) is 10.3 Å². The van der Waals surface area contributed by atoms with Crippen molar-refractivity contribution in [3.63, 3.8) is 0 Å². The molecule has 1 heterocycles. The molecule has 1 aromatic heterocycles. The highest BCUT2D eigenvalue weighted by Gasteiger charge is 2.09. The molecule has 0 bridgehead atoms. The van der Waals surface area contributed by atoms with Crippen LogP contribution in [0.15, 0.2) is 36.5 Å². The van der Waals surface area contributed by atoms with Crippen LogP contribution < -0.4 is 15.8 Å². The van der Waals surface area contributed by atoms with Crippen LogP contribution in [0.25, 0.3) is 0 Å². The summed E-state index contributed by atoms with van der Waals surface area (Å²) in [5.41, 5.74) is 7.97. The molecule has 5 nitrogen and oxygen atoms in total. The fourth-order valence-corrected chi connectivity index (χ4v) is 1.86. The summed E-state index contributed by atoms with van der Waals surface area (Å²) in [6.45, 7) is 4.84. The molecular formula is C16H19N3O2. The number of nitrogens with one attached hydrogen (secondary N) is 1. The van der Waals surface area contributed by atoms with Crippen molar-refractivity contribution in [1.29, 1.82) is 0 Å². The summed E-state index contributed by atoms with van der Waals surface area (Å²) in [6.07, 6.45) is 1.56. The highest BCUT2D eigenvalue weighted by atomic mass is 16.5. The van der Waals surface area contributed by atoms with Gasteiger partial charge < -0.3 is 15.8 Å². The Kier molecular flexibility index (Phi) is 4.90. The molecule has 0 atom stereocenters. The maximum absolute atomic E-state index is 11.8. The molecular weight excluding hydrogens is 266 g/mol. The highest BCUT2D eigenvalue weighted by Crippen LogP contribution is 2.26. The topological polar surface area (TPSA) is 77.2 Å². The van der Waals surface area contributed by atoms with E-state index in [4.69, 9.17) is 10.5 Å². The van der Waals surface area contributed by atoms with Gasteiger partial charge in [0, 0.05) is 25.4 Å². The molecule has 1 aromatic carbocycles. The Hall–Kier alpha value is -2.40. The Labute approximate surface area is 124 Å². The monoisotopic (exact) mass is 285 g/mol. The number of aryl methyl sites for hydroxylation is 1. The van der Waals surface area contributed by atoms with E-state index in [1.165, 1.54) is 0 Å². The Morgan fingerprint density at radius 3 is 2.86 bits per heavy atom. The summed E-state index contributed by atoms with van der Waals surface area (Å²) < 4.78 is 5.85. The second-order valence-corrected chi connectivity index (χ2v) is 4.64. The van der Waals surface area contributed by atoms with E-state index in [9.17, 15) is 4.79 Å². The number of hydrogen-bond donors (Lipinski definition) is 2. The minimum atomic E-state index is -0.213. The van der Waals surface area contributed by atoms with Crippen molar-refractivity contribution >= 4 is 5.91 Å². The maximum Gasteiger partial charge on any atom is 0.270 e. The molecule has 0 spiro atoms. The van der Waals surface area contributed by atoms with E-state index in [-0.39, 0.29) is 5.91 Å². The number of nitrogens with zero attached hydrogens (tertiary/aromatic N) is 1. The average molecular weight is 285 g/mol. The van der Waals surface area contributed by atoms with Gasteiger partial charge in [0.1, 0.15) is 17.2 Å². The highest BCUT2D eigenvalue weighted by molar-refractivity contribution is 5.92. The first-order valence-electron chi connectivity index (χ1n) is 6.85. The lowest BCUT2D eigenvalue weighted by molar-refractivity contribution is 0.0950. The maximum atomic E-state index is 11.8. The molecule has 3 N–H and O–H groups in total. The number of hydrogen-bond acceptors (Lipinski definition) is 4.